The van der Waals surface area contributed by atoms with E-state index < -0.39 is 16.7 Å². The SMILES string of the molecule is O=C1CCC2(O)C3CCCC2(C1)c1c(ccc(C(=O)NCCc2ccc(-c4cnc(=O)[nH]c4)cc2)c1O)C3. The fourth-order valence-electron chi connectivity index (χ4n) is 7.20. The standard InChI is InChI=1S/C30H31N3O5/c34-23-9-12-30(38)22-2-1-11-29(30,15-23)25-20(14-22)7-8-24(26(25)35)27(36)31-13-10-18-3-5-19(6-4-18)21-16-32-28(37)33-17-21/h3-8,16-17,22,35,38H,1-2,9-15H2,(H,31,36)(H,32,33,37). The van der Waals surface area contributed by atoms with E-state index in [-0.39, 0.29) is 35.3 Å². The molecule has 0 radical (unpaired) electrons. The molecule has 196 valence electrons. The lowest BCUT2D eigenvalue weighted by Gasteiger charge is -2.60. The van der Waals surface area contributed by atoms with Gasteiger partial charge in [0.1, 0.15) is 11.5 Å². The molecule has 2 aromatic carbocycles. The quantitative estimate of drug-likeness (QED) is 0.414. The first-order chi connectivity index (χ1) is 18.3. The molecule has 8 heteroatoms. The number of carbonyl (C=O) groups is 2. The maximum atomic E-state index is 13.1. The van der Waals surface area contributed by atoms with Crippen LogP contribution >= 0.6 is 0 Å². The molecule has 0 saturated heterocycles. The fourth-order valence-corrected chi connectivity index (χ4v) is 7.20. The summed E-state index contributed by atoms with van der Waals surface area (Å²) < 4.78 is 0. The molecule has 2 bridgehead atoms. The van der Waals surface area contributed by atoms with Gasteiger partial charge in [-0.15, -0.1) is 0 Å². The Morgan fingerprint density at radius 3 is 2.68 bits per heavy atom. The minimum atomic E-state index is -1.02. The Balaban J connectivity index is 1.19. The number of nitrogens with one attached hydrogen (secondary N) is 2. The lowest BCUT2D eigenvalue weighted by atomic mass is 9.46. The molecule has 3 aromatic rings. The smallest absolute Gasteiger partial charge is 0.344 e. The number of fused-ring (bicyclic) bond motifs is 1. The van der Waals surface area contributed by atoms with Crippen molar-refractivity contribution in [3.63, 3.8) is 0 Å². The summed E-state index contributed by atoms with van der Waals surface area (Å²) in [7, 11) is 0. The van der Waals surface area contributed by atoms with Crippen LogP contribution in [-0.4, -0.2) is 44.0 Å². The lowest BCUT2D eigenvalue weighted by Crippen LogP contribution is -2.64. The number of carbonyl (C=O) groups excluding carboxylic acids is 2. The number of ketones is 1. The van der Waals surface area contributed by atoms with E-state index >= 15 is 0 Å². The van der Waals surface area contributed by atoms with Gasteiger partial charge in [-0.25, -0.2) is 9.78 Å². The summed E-state index contributed by atoms with van der Waals surface area (Å²) in [6.45, 7) is 0.380. The van der Waals surface area contributed by atoms with Crippen LogP contribution in [0.2, 0.25) is 0 Å². The van der Waals surface area contributed by atoms with Crippen LogP contribution in [0.25, 0.3) is 11.1 Å². The van der Waals surface area contributed by atoms with Gasteiger partial charge in [-0.05, 0) is 60.8 Å². The van der Waals surface area contributed by atoms with Gasteiger partial charge in [-0.3, -0.25) is 9.59 Å². The molecule has 1 amide bonds. The maximum Gasteiger partial charge on any atom is 0.344 e. The molecule has 0 spiro atoms. The largest absolute Gasteiger partial charge is 0.507 e. The molecular weight excluding hydrogens is 482 g/mol. The average molecular weight is 514 g/mol. The van der Waals surface area contributed by atoms with Crippen LogP contribution in [0.4, 0.5) is 0 Å². The summed E-state index contributed by atoms with van der Waals surface area (Å²) in [5, 5.41) is 26.2. The molecule has 4 N–H and O–H groups in total. The van der Waals surface area contributed by atoms with Crippen molar-refractivity contribution in [1.29, 1.82) is 0 Å². The number of amides is 1. The third-order valence-corrected chi connectivity index (χ3v) is 9.06. The summed E-state index contributed by atoms with van der Waals surface area (Å²) in [6, 6.07) is 11.4. The highest BCUT2D eigenvalue weighted by Gasteiger charge is 2.63. The van der Waals surface area contributed by atoms with Crippen LogP contribution in [0, 0.1) is 5.92 Å². The predicted molar refractivity (Wildman–Crippen MR) is 141 cm³/mol. The van der Waals surface area contributed by atoms with E-state index in [1.807, 2.05) is 30.3 Å². The predicted octanol–water partition coefficient (Wildman–Crippen LogP) is 3.19. The van der Waals surface area contributed by atoms with Crippen LogP contribution in [0.1, 0.15) is 65.6 Å². The second kappa shape index (κ2) is 9.20. The normalized spacial score (nSPS) is 25.8. The van der Waals surface area contributed by atoms with Crippen molar-refractivity contribution in [1.82, 2.24) is 15.3 Å². The van der Waals surface area contributed by atoms with E-state index in [0.29, 0.717) is 44.2 Å². The van der Waals surface area contributed by atoms with Gasteiger partial charge in [-0.2, -0.15) is 0 Å². The van der Waals surface area contributed by atoms with Crippen LogP contribution in [0.5, 0.6) is 5.75 Å². The number of nitrogens with zero attached hydrogens (tertiary/aromatic N) is 1. The number of Topliss-reactive ketones (excluding diaryl/α,β-unsaturated/α-hetero) is 1. The molecule has 0 aliphatic heterocycles. The van der Waals surface area contributed by atoms with Gasteiger partial charge < -0.3 is 20.5 Å². The fraction of sp³-hybridized carbons (Fsp3) is 0.400. The molecule has 38 heavy (non-hydrogen) atoms. The zero-order valence-electron chi connectivity index (χ0n) is 21.1. The van der Waals surface area contributed by atoms with Gasteiger partial charge in [0.05, 0.1) is 11.2 Å². The minimum absolute atomic E-state index is 0.0720. The van der Waals surface area contributed by atoms with E-state index in [1.165, 1.54) is 6.20 Å². The number of phenols is 1. The minimum Gasteiger partial charge on any atom is -0.507 e. The highest BCUT2D eigenvalue weighted by Crippen LogP contribution is 2.62. The molecular formula is C30H31N3O5. The summed E-state index contributed by atoms with van der Waals surface area (Å²) >= 11 is 0. The van der Waals surface area contributed by atoms with Gasteiger partial charge >= 0.3 is 5.69 Å². The average Bonchev–Trinajstić information content (AvgIpc) is 2.90. The summed E-state index contributed by atoms with van der Waals surface area (Å²) in [6.07, 6.45) is 7.85. The summed E-state index contributed by atoms with van der Waals surface area (Å²) in [4.78, 5) is 43.2. The molecule has 3 aliphatic carbocycles. The van der Waals surface area contributed by atoms with Crippen LogP contribution in [0.15, 0.2) is 53.6 Å². The number of hydrogen-bond donors (Lipinski definition) is 4. The van der Waals surface area contributed by atoms with E-state index in [1.54, 1.807) is 12.3 Å². The third kappa shape index (κ3) is 3.86. The van der Waals surface area contributed by atoms with Crippen molar-refractivity contribution in [3.8, 4) is 16.9 Å². The summed E-state index contributed by atoms with van der Waals surface area (Å²) in [5.41, 5.74) is 2.27. The highest BCUT2D eigenvalue weighted by molar-refractivity contribution is 5.98. The molecule has 2 saturated carbocycles. The van der Waals surface area contributed by atoms with Gasteiger partial charge in [0.2, 0.25) is 0 Å². The van der Waals surface area contributed by atoms with Crippen molar-refractivity contribution in [2.75, 3.05) is 6.54 Å². The first-order valence-corrected chi connectivity index (χ1v) is 13.3. The Labute approximate surface area is 220 Å². The van der Waals surface area contributed by atoms with E-state index in [2.05, 4.69) is 15.3 Å². The Kier molecular flexibility index (Phi) is 5.94. The van der Waals surface area contributed by atoms with Crippen LogP contribution in [0.3, 0.4) is 0 Å². The molecule has 3 aliphatic rings. The number of hydrogen-bond acceptors (Lipinski definition) is 6. The van der Waals surface area contributed by atoms with E-state index in [4.69, 9.17) is 0 Å². The Morgan fingerprint density at radius 1 is 1.11 bits per heavy atom. The molecule has 8 nitrogen and oxygen atoms in total. The number of rotatable bonds is 5. The maximum absolute atomic E-state index is 13.1. The van der Waals surface area contributed by atoms with Crippen molar-refractivity contribution in [2.45, 2.75) is 62.4 Å². The second-order valence-corrected chi connectivity index (χ2v) is 11.0. The number of phenolic OH excluding ortho intramolecular Hbond substituents is 1. The molecule has 1 heterocycles. The van der Waals surface area contributed by atoms with Gasteiger partial charge in [0, 0.05) is 48.3 Å². The Bertz CT molecular complexity index is 1460. The Hall–Kier alpha value is -3.78. The van der Waals surface area contributed by atoms with Crippen molar-refractivity contribution in [2.24, 2.45) is 5.92 Å². The molecule has 6 rings (SSSR count). The number of H-pyrrole nitrogens is 1. The number of aromatic amines is 1. The Morgan fingerprint density at radius 2 is 1.92 bits per heavy atom. The van der Waals surface area contributed by atoms with Crippen LogP contribution in [-0.2, 0) is 23.1 Å². The number of aromatic nitrogens is 2. The lowest BCUT2D eigenvalue weighted by molar-refractivity contribution is -0.160. The zero-order chi connectivity index (χ0) is 26.5. The molecule has 3 unspecified atom stereocenters. The zero-order valence-corrected chi connectivity index (χ0v) is 21.1. The topological polar surface area (TPSA) is 132 Å². The number of aliphatic hydroxyl groups is 1. The molecule has 1 aromatic heterocycles. The van der Waals surface area contributed by atoms with Gasteiger partial charge in [-0.1, -0.05) is 36.8 Å². The van der Waals surface area contributed by atoms with Crippen molar-refractivity contribution in [3.05, 3.63) is 81.5 Å². The first kappa shape index (κ1) is 24.6. The van der Waals surface area contributed by atoms with Gasteiger partial charge in [0.25, 0.3) is 5.91 Å². The third-order valence-electron chi connectivity index (χ3n) is 9.06. The molecule has 3 atom stereocenters. The van der Waals surface area contributed by atoms with Gasteiger partial charge in [0.15, 0.2) is 0 Å². The monoisotopic (exact) mass is 513 g/mol. The van der Waals surface area contributed by atoms with Crippen molar-refractivity contribution >= 4 is 11.7 Å². The number of benzene rings is 2. The molecule has 2 fully saturated rings. The number of aromatic hydroxyl groups is 1. The highest BCUT2D eigenvalue weighted by atomic mass is 16.3. The van der Waals surface area contributed by atoms with Crippen LogP contribution < -0.4 is 11.0 Å². The van der Waals surface area contributed by atoms with E-state index in [0.717, 1.165) is 35.1 Å². The second-order valence-electron chi connectivity index (χ2n) is 11.0. The first-order valence-electron chi connectivity index (χ1n) is 13.3. The van der Waals surface area contributed by atoms with E-state index in [9.17, 15) is 24.6 Å². The summed E-state index contributed by atoms with van der Waals surface area (Å²) in [5.74, 6) is -0.281. The van der Waals surface area contributed by atoms with Crippen molar-refractivity contribution < 1.29 is 19.8 Å².